The van der Waals surface area contributed by atoms with Gasteiger partial charge in [0.2, 0.25) is 0 Å². The monoisotopic (exact) mass is 140 g/mol. The van der Waals surface area contributed by atoms with E-state index < -0.39 is 5.97 Å². The SMILES string of the molecule is CC(=O)OO.CCO.O. The molecule has 0 aliphatic heterocycles. The van der Waals surface area contributed by atoms with Gasteiger partial charge >= 0.3 is 5.97 Å². The molecule has 0 atom stereocenters. The summed E-state index contributed by atoms with van der Waals surface area (Å²) in [6, 6.07) is 0. The number of carbonyl (C=O) groups excluding carboxylic acids is 1. The Morgan fingerprint density at radius 1 is 1.67 bits per heavy atom. The maximum absolute atomic E-state index is 9.34. The molecule has 0 unspecified atom stereocenters. The third kappa shape index (κ3) is 115. The molecule has 0 aliphatic carbocycles. The highest BCUT2D eigenvalue weighted by molar-refractivity contribution is 5.64. The number of hydrogen-bond donors (Lipinski definition) is 2. The van der Waals surface area contributed by atoms with Crippen LogP contribution in [0.15, 0.2) is 0 Å². The molecular weight excluding hydrogens is 128 g/mol. The first-order valence-corrected chi connectivity index (χ1v) is 2.11. The van der Waals surface area contributed by atoms with E-state index in [0.29, 0.717) is 0 Å². The Morgan fingerprint density at radius 3 is 1.78 bits per heavy atom. The maximum atomic E-state index is 9.34. The molecule has 0 aromatic heterocycles. The average molecular weight is 140 g/mol. The Morgan fingerprint density at radius 2 is 1.78 bits per heavy atom. The van der Waals surface area contributed by atoms with Gasteiger partial charge in [0.25, 0.3) is 0 Å². The van der Waals surface area contributed by atoms with Crippen LogP contribution in [-0.4, -0.2) is 28.4 Å². The Labute approximate surface area is 53.1 Å². The predicted octanol–water partition coefficient (Wildman–Crippen LogP) is -0.804. The molecule has 0 fully saturated rings. The summed E-state index contributed by atoms with van der Waals surface area (Å²) in [5, 5.41) is 14.9. The quantitative estimate of drug-likeness (QED) is 0.340. The molecule has 0 aliphatic rings. The Bertz CT molecular complexity index is 52.9. The molecule has 0 aromatic rings. The van der Waals surface area contributed by atoms with Crippen LogP contribution < -0.4 is 0 Å². The first kappa shape index (κ1) is 15.8. The Kier molecular flexibility index (Phi) is 27.4. The highest BCUT2D eigenvalue weighted by atomic mass is 17.1. The van der Waals surface area contributed by atoms with E-state index in [-0.39, 0.29) is 12.1 Å². The lowest BCUT2D eigenvalue weighted by molar-refractivity contribution is -0.231. The van der Waals surface area contributed by atoms with Gasteiger partial charge < -0.3 is 15.5 Å². The molecule has 4 N–H and O–H groups in total. The third-order valence-electron chi connectivity index (χ3n) is 0.129. The summed E-state index contributed by atoms with van der Waals surface area (Å²) in [5.41, 5.74) is 0. The van der Waals surface area contributed by atoms with Crippen LogP contribution in [-0.2, 0) is 9.68 Å². The van der Waals surface area contributed by atoms with Gasteiger partial charge in [0.15, 0.2) is 0 Å². The van der Waals surface area contributed by atoms with E-state index in [0.717, 1.165) is 6.92 Å². The predicted molar refractivity (Wildman–Crippen MR) is 30.8 cm³/mol. The zero-order chi connectivity index (χ0) is 6.99. The van der Waals surface area contributed by atoms with Crippen LogP contribution in [0.2, 0.25) is 0 Å². The molecule has 0 saturated carbocycles. The van der Waals surface area contributed by atoms with Gasteiger partial charge in [0, 0.05) is 13.5 Å². The highest BCUT2D eigenvalue weighted by Crippen LogP contribution is 1.59. The minimum Gasteiger partial charge on any atom is -0.412 e. The van der Waals surface area contributed by atoms with Crippen molar-refractivity contribution < 1.29 is 25.5 Å². The highest BCUT2D eigenvalue weighted by Gasteiger charge is 1.79. The zero-order valence-corrected chi connectivity index (χ0v) is 5.42. The molecule has 5 nitrogen and oxygen atoms in total. The van der Waals surface area contributed by atoms with E-state index in [1.165, 1.54) is 0 Å². The van der Waals surface area contributed by atoms with Gasteiger partial charge in [-0.1, -0.05) is 0 Å². The van der Waals surface area contributed by atoms with Crippen molar-refractivity contribution in [2.45, 2.75) is 13.8 Å². The van der Waals surface area contributed by atoms with E-state index in [4.69, 9.17) is 10.4 Å². The molecular formula is C4H12O5. The van der Waals surface area contributed by atoms with Crippen LogP contribution in [0.3, 0.4) is 0 Å². The largest absolute Gasteiger partial charge is 0.412 e. The van der Waals surface area contributed by atoms with Crippen LogP contribution in [0.4, 0.5) is 0 Å². The lowest BCUT2D eigenvalue weighted by Crippen LogP contribution is -1.89. The van der Waals surface area contributed by atoms with Gasteiger partial charge in [-0.15, -0.1) is 0 Å². The van der Waals surface area contributed by atoms with Gasteiger partial charge in [-0.3, -0.25) is 0 Å². The van der Waals surface area contributed by atoms with Crippen molar-refractivity contribution in [3.8, 4) is 0 Å². The van der Waals surface area contributed by atoms with Crippen molar-refractivity contribution in [2.24, 2.45) is 0 Å². The standard InChI is InChI=1S/C2H4O3.C2H6O.H2O/c1-2(3)5-4;1-2-3;/h4H,1H3;3H,2H2,1H3;1H2. The maximum Gasteiger partial charge on any atom is 0.339 e. The van der Waals surface area contributed by atoms with E-state index in [9.17, 15) is 4.79 Å². The normalized spacial score (nSPS) is 5.78. The minimum absolute atomic E-state index is 0. The first-order chi connectivity index (χ1) is 3.68. The van der Waals surface area contributed by atoms with Crippen molar-refractivity contribution in [3.63, 3.8) is 0 Å². The van der Waals surface area contributed by atoms with Crippen molar-refractivity contribution >= 4 is 5.97 Å². The van der Waals surface area contributed by atoms with Gasteiger partial charge in [0.05, 0.1) is 0 Å². The van der Waals surface area contributed by atoms with Crippen molar-refractivity contribution in [2.75, 3.05) is 6.61 Å². The van der Waals surface area contributed by atoms with Gasteiger partial charge in [-0.2, -0.15) is 5.26 Å². The molecule has 5 heteroatoms. The van der Waals surface area contributed by atoms with E-state index in [1.807, 2.05) is 0 Å². The smallest absolute Gasteiger partial charge is 0.339 e. The summed E-state index contributed by atoms with van der Waals surface area (Å²) in [6.45, 7) is 3.04. The first-order valence-electron chi connectivity index (χ1n) is 2.11. The molecule has 0 amide bonds. The van der Waals surface area contributed by atoms with E-state index >= 15 is 0 Å². The lowest BCUT2D eigenvalue weighted by atomic mass is 10.9. The molecule has 0 spiro atoms. The van der Waals surface area contributed by atoms with Crippen LogP contribution >= 0.6 is 0 Å². The molecule has 0 aromatic carbocycles. The summed E-state index contributed by atoms with van der Waals surface area (Å²) < 4.78 is 0. The van der Waals surface area contributed by atoms with E-state index in [2.05, 4.69) is 4.89 Å². The molecule has 0 saturated heterocycles. The Balaban J connectivity index is -0.0000000800. The van der Waals surface area contributed by atoms with Crippen LogP contribution in [0.5, 0.6) is 0 Å². The number of hydrogen-bond acceptors (Lipinski definition) is 4. The van der Waals surface area contributed by atoms with Crippen molar-refractivity contribution in [1.29, 1.82) is 0 Å². The second-order valence-corrected chi connectivity index (χ2v) is 0.899. The van der Waals surface area contributed by atoms with Gasteiger partial charge in [-0.05, 0) is 6.92 Å². The number of carbonyl (C=O) groups is 1. The minimum atomic E-state index is -0.690. The number of aliphatic hydroxyl groups excluding tert-OH is 1. The summed E-state index contributed by atoms with van der Waals surface area (Å²) in [4.78, 5) is 12.5. The molecule has 0 heterocycles. The second-order valence-electron chi connectivity index (χ2n) is 0.899. The lowest BCUT2D eigenvalue weighted by Gasteiger charge is -1.76. The zero-order valence-electron chi connectivity index (χ0n) is 5.42. The summed E-state index contributed by atoms with van der Waals surface area (Å²) in [5.74, 6) is -0.690. The fraction of sp³-hybridized carbons (Fsp3) is 0.750. The summed E-state index contributed by atoms with van der Waals surface area (Å²) in [7, 11) is 0. The van der Waals surface area contributed by atoms with Crippen LogP contribution in [0.25, 0.3) is 0 Å². The van der Waals surface area contributed by atoms with Gasteiger partial charge in [-0.25, -0.2) is 4.79 Å². The molecule has 58 valence electrons. The Hall–Kier alpha value is -0.650. The summed E-state index contributed by atoms with van der Waals surface area (Å²) >= 11 is 0. The summed E-state index contributed by atoms with van der Waals surface area (Å²) in [6.07, 6.45) is 0. The topological polar surface area (TPSA) is 98.3 Å². The van der Waals surface area contributed by atoms with Crippen LogP contribution in [0.1, 0.15) is 13.8 Å². The molecule has 9 heavy (non-hydrogen) atoms. The molecule has 0 rings (SSSR count). The van der Waals surface area contributed by atoms with Gasteiger partial charge in [0.1, 0.15) is 0 Å². The number of aliphatic hydroxyl groups is 1. The fourth-order valence-electron chi connectivity index (χ4n) is 0. The second kappa shape index (κ2) is 15.7. The van der Waals surface area contributed by atoms with E-state index in [1.54, 1.807) is 6.92 Å². The van der Waals surface area contributed by atoms with Crippen molar-refractivity contribution in [1.82, 2.24) is 0 Å². The van der Waals surface area contributed by atoms with Crippen molar-refractivity contribution in [3.05, 3.63) is 0 Å². The molecule has 0 bridgehead atoms. The third-order valence-corrected chi connectivity index (χ3v) is 0.129. The average Bonchev–Trinajstić information content (AvgIpc) is 1.69. The van der Waals surface area contributed by atoms with Crippen LogP contribution in [0, 0.1) is 0 Å². The molecule has 0 radical (unpaired) electrons. The number of rotatable bonds is 0. The fourth-order valence-corrected chi connectivity index (χ4v) is 0.